The molecule has 0 radical (unpaired) electrons. The third kappa shape index (κ3) is 15.4. The van der Waals surface area contributed by atoms with Gasteiger partial charge in [0.15, 0.2) is 0 Å². The fourth-order valence-corrected chi connectivity index (χ4v) is 5.10. The minimum absolute atomic E-state index is 0.0949. The molecule has 2 N–H and O–H groups in total. The van der Waals surface area contributed by atoms with Crippen LogP contribution in [-0.4, -0.2) is 46.6 Å². The van der Waals surface area contributed by atoms with Gasteiger partial charge in [0.25, 0.3) is 0 Å². The first kappa shape index (κ1) is 35.1. The van der Waals surface area contributed by atoms with Crippen LogP contribution in [0.15, 0.2) is 36.5 Å². The Morgan fingerprint density at radius 3 is 2.36 bits per heavy atom. The van der Waals surface area contributed by atoms with Gasteiger partial charge in [-0.25, -0.2) is 4.79 Å². The second-order valence-electron chi connectivity index (χ2n) is 11.3. The summed E-state index contributed by atoms with van der Waals surface area (Å²) in [5, 5.41) is 21.3. The molecule has 5 atom stereocenters. The van der Waals surface area contributed by atoms with E-state index < -0.39 is 18.3 Å². The SMILES string of the molecule is C=C(CCCCCCC)C(=O)O[C@H]1C[C@@H](O)[C@H](/C=C/[C@@H](O)CCCCC)[C@H]1C/C=C\CCCC(=O)OC(C)C. The van der Waals surface area contributed by atoms with Crippen molar-refractivity contribution in [1.29, 1.82) is 0 Å². The van der Waals surface area contributed by atoms with Gasteiger partial charge in [-0.3, -0.25) is 4.79 Å². The molecule has 0 amide bonds. The number of allylic oxidation sites excluding steroid dienone is 2. The van der Waals surface area contributed by atoms with Crippen molar-refractivity contribution < 1.29 is 29.3 Å². The van der Waals surface area contributed by atoms with Crippen LogP contribution >= 0.6 is 0 Å². The summed E-state index contributed by atoms with van der Waals surface area (Å²) in [6, 6.07) is 0. The van der Waals surface area contributed by atoms with Gasteiger partial charge < -0.3 is 19.7 Å². The molecule has 0 aromatic heterocycles. The van der Waals surface area contributed by atoms with E-state index in [-0.39, 0.29) is 29.9 Å². The van der Waals surface area contributed by atoms with Crippen LogP contribution in [0, 0.1) is 11.8 Å². The Labute approximate surface area is 237 Å². The zero-order valence-electron chi connectivity index (χ0n) is 25.1. The second kappa shape index (κ2) is 20.9. The van der Waals surface area contributed by atoms with Crippen molar-refractivity contribution in [2.45, 2.75) is 148 Å². The van der Waals surface area contributed by atoms with E-state index in [1.165, 1.54) is 19.3 Å². The standard InChI is InChI=1S/C33H56O6/c1-6-8-10-11-15-18-26(5)33(37)39-31-24-30(35)28(23-22-27(34)19-14-9-7-2)29(31)20-16-12-13-17-21-32(36)38-25(3)4/h12,16,22-23,25,27-31,34-35H,5-11,13-15,17-21,24H2,1-4H3/b16-12-,23-22+/t27-,28+,29+,30+,31-/m0/s1. The average molecular weight is 549 g/mol. The predicted molar refractivity (Wildman–Crippen MR) is 158 cm³/mol. The van der Waals surface area contributed by atoms with E-state index in [0.29, 0.717) is 44.1 Å². The van der Waals surface area contributed by atoms with Gasteiger partial charge in [0.1, 0.15) is 6.10 Å². The number of esters is 2. The van der Waals surface area contributed by atoms with Crippen LogP contribution in [0.3, 0.4) is 0 Å². The highest BCUT2D eigenvalue weighted by atomic mass is 16.5. The maximum atomic E-state index is 12.8. The second-order valence-corrected chi connectivity index (χ2v) is 11.3. The van der Waals surface area contributed by atoms with E-state index in [1.54, 1.807) is 6.08 Å². The molecule has 6 heteroatoms. The predicted octanol–water partition coefficient (Wildman–Crippen LogP) is 7.38. The monoisotopic (exact) mass is 548 g/mol. The summed E-state index contributed by atoms with van der Waals surface area (Å²) in [7, 11) is 0. The average Bonchev–Trinajstić information content (AvgIpc) is 3.17. The Morgan fingerprint density at radius 1 is 0.974 bits per heavy atom. The Hall–Kier alpha value is -1.92. The maximum Gasteiger partial charge on any atom is 0.333 e. The molecule has 6 nitrogen and oxygen atoms in total. The third-order valence-electron chi connectivity index (χ3n) is 7.37. The quantitative estimate of drug-likeness (QED) is 0.0673. The molecule has 0 aromatic carbocycles. The minimum Gasteiger partial charge on any atom is -0.463 e. The number of hydrogen-bond donors (Lipinski definition) is 2. The Kier molecular flexibility index (Phi) is 18.8. The highest BCUT2D eigenvalue weighted by Gasteiger charge is 2.42. The largest absolute Gasteiger partial charge is 0.463 e. The lowest BCUT2D eigenvalue weighted by Gasteiger charge is -2.23. The number of aliphatic hydroxyl groups excluding tert-OH is 2. The lowest BCUT2D eigenvalue weighted by molar-refractivity contribution is -0.148. The summed E-state index contributed by atoms with van der Waals surface area (Å²) in [4.78, 5) is 24.6. The van der Waals surface area contributed by atoms with Crippen LogP contribution in [0.4, 0.5) is 0 Å². The number of carbonyl (C=O) groups is 2. The number of hydrogen-bond acceptors (Lipinski definition) is 6. The summed E-state index contributed by atoms with van der Waals surface area (Å²) in [6.45, 7) is 12.0. The number of rotatable bonds is 21. The van der Waals surface area contributed by atoms with E-state index in [1.807, 2.05) is 26.0 Å². The zero-order valence-corrected chi connectivity index (χ0v) is 25.1. The molecule has 1 fully saturated rings. The summed E-state index contributed by atoms with van der Waals surface area (Å²) < 4.78 is 11.1. The molecule has 1 aliphatic carbocycles. The molecule has 0 saturated heterocycles. The molecular formula is C33H56O6. The van der Waals surface area contributed by atoms with Crippen molar-refractivity contribution in [2.24, 2.45) is 11.8 Å². The molecule has 0 heterocycles. The van der Waals surface area contributed by atoms with E-state index in [0.717, 1.165) is 38.5 Å². The Balaban J connectivity index is 2.76. The zero-order chi connectivity index (χ0) is 29.0. The van der Waals surface area contributed by atoms with Crippen molar-refractivity contribution in [1.82, 2.24) is 0 Å². The van der Waals surface area contributed by atoms with Gasteiger partial charge in [0, 0.05) is 30.3 Å². The van der Waals surface area contributed by atoms with Gasteiger partial charge in [-0.05, 0) is 52.4 Å². The summed E-state index contributed by atoms with van der Waals surface area (Å²) in [5.41, 5.74) is 0.494. The third-order valence-corrected chi connectivity index (χ3v) is 7.37. The molecular weight excluding hydrogens is 492 g/mol. The number of carbonyl (C=O) groups excluding carboxylic acids is 2. The van der Waals surface area contributed by atoms with Crippen LogP contribution < -0.4 is 0 Å². The Morgan fingerprint density at radius 2 is 1.67 bits per heavy atom. The summed E-state index contributed by atoms with van der Waals surface area (Å²) >= 11 is 0. The lowest BCUT2D eigenvalue weighted by Crippen LogP contribution is -2.25. The van der Waals surface area contributed by atoms with E-state index in [2.05, 4.69) is 26.5 Å². The minimum atomic E-state index is -0.645. The molecule has 0 aromatic rings. The molecule has 0 bridgehead atoms. The van der Waals surface area contributed by atoms with Crippen LogP contribution in [0.5, 0.6) is 0 Å². The van der Waals surface area contributed by atoms with Gasteiger partial charge in [-0.15, -0.1) is 0 Å². The first-order valence-electron chi connectivity index (χ1n) is 15.5. The van der Waals surface area contributed by atoms with Crippen LogP contribution in [0.1, 0.15) is 124 Å². The van der Waals surface area contributed by atoms with Gasteiger partial charge >= 0.3 is 11.9 Å². The normalized spacial score (nSPS) is 22.1. The molecule has 39 heavy (non-hydrogen) atoms. The smallest absolute Gasteiger partial charge is 0.333 e. The maximum absolute atomic E-state index is 12.8. The van der Waals surface area contributed by atoms with Crippen molar-refractivity contribution >= 4 is 11.9 Å². The van der Waals surface area contributed by atoms with Crippen molar-refractivity contribution in [3.8, 4) is 0 Å². The lowest BCUT2D eigenvalue weighted by atomic mass is 9.89. The molecule has 0 spiro atoms. The molecule has 0 unspecified atom stereocenters. The van der Waals surface area contributed by atoms with E-state index >= 15 is 0 Å². The summed E-state index contributed by atoms with van der Waals surface area (Å²) in [6.07, 6.45) is 19.0. The highest BCUT2D eigenvalue weighted by molar-refractivity contribution is 5.87. The van der Waals surface area contributed by atoms with Crippen LogP contribution in [0.2, 0.25) is 0 Å². The first-order chi connectivity index (χ1) is 18.7. The molecule has 1 rings (SSSR count). The van der Waals surface area contributed by atoms with E-state index in [9.17, 15) is 19.8 Å². The number of unbranched alkanes of at least 4 members (excludes halogenated alkanes) is 7. The molecule has 224 valence electrons. The van der Waals surface area contributed by atoms with E-state index in [4.69, 9.17) is 9.47 Å². The van der Waals surface area contributed by atoms with Gasteiger partial charge in [-0.1, -0.05) is 89.7 Å². The van der Waals surface area contributed by atoms with Gasteiger partial charge in [0.2, 0.25) is 0 Å². The van der Waals surface area contributed by atoms with Crippen LogP contribution in [0.25, 0.3) is 0 Å². The molecule has 1 saturated carbocycles. The fraction of sp³-hybridized carbons (Fsp3) is 0.758. The van der Waals surface area contributed by atoms with Crippen molar-refractivity contribution in [2.75, 3.05) is 0 Å². The number of aliphatic hydroxyl groups is 2. The number of ether oxygens (including phenoxy) is 2. The van der Waals surface area contributed by atoms with Gasteiger partial charge in [0.05, 0.1) is 18.3 Å². The fourth-order valence-electron chi connectivity index (χ4n) is 5.10. The van der Waals surface area contributed by atoms with Gasteiger partial charge in [-0.2, -0.15) is 0 Å². The molecule has 1 aliphatic rings. The first-order valence-corrected chi connectivity index (χ1v) is 15.5. The topological polar surface area (TPSA) is 93.1 Å². The Bertz CT molecular complexity index is 755. The summed E-state index contributed by atoms with van der Waals surface area (Å²) in [5.74, 6) is -0.860. The van der Waals surface area contributed by atoms with Crippen molar-refractivity contribution in [3.05, 3.63) is 36.5 Å². The van der Waals surface area contributed by atoms with Crippen molar-refractivity contribution in [3.63, 3.8) is 0 Å². The highest BCUT2D eigenvalue weighted by Crippen LogP contribution is 2.39. The molecule has 0 aliphatic heterocycles. The van der Waals surface area contributed by atoms with Crippen LogP contribution in [-0.2, 0) is 19.1 Å².